The van der Waals surface area contributed by atoms with Gasteiger partial charge in [-0.25, -0.2) is 0 Å². The lowest BCUT2D eigenvalue weighted by Gasteiger charge is -2.27. The summed E-state index contributed by atoms with van der Waals surface area (Å²) in [6.07, 6.45) is 20.0. The normalized spacial score (nSPS) is 36.3. The molecule has 3 rings (SSSR count). The number of fused-ring (bicyclic) bond motifs is 1. The molecule has 2 nitrogen and oxygen atoms in total. The van der Waals surface area contributed by atoms with Crippen molar-refractivity contribution in [2.24, 2.45) is 23.7 Å². The van der Waals surface area contributed by atoms with E-state index in [1.807, 2.05) is 0 Å². The molecule has 0 spiro atoms. The minimum atomic E-state index is 0.502. The average Bonchev–Trinajstić information content (AvgIpc) is 3.42. The van der Waals surface area contributed by atoms with Crippen molar-refractivity contribution in [1.29, 1.82) is 0 Å². The van der Waals surface area contributed by atoms with Crippen LogP contribution in [0.15, 0.2) is 0 Å². The second-order valence-corrected chi connectivity index (χ2v) is 9.82. The van der Waals surface area contributed by atoms with E-state index < -0.39 is 0 Å². The summed E-state index contributed by atoms with van der Waals surface area (Å²) in [7, 11) is 0. The molecule has 2 aliphatic heterocycles. The Hall–Kier alpha value is -0.0800. The van der Waals surface area contributed by atoms with Crippen molar-refractivity contribution in [2.75, 3.05) is 6.61 Å². The maximum absolute atomic E-state index is 5.72. The monoisotopic (exact) mass is 364 g/mol. The molecule has 1 aliphatic carbocycles. The van der Waals surface area contributed by atoms with Crippen molar-refractivity contribution in [2.45, 2.75) is 123 Å². The molecule has 0 amide bonds. The molecule has 2 heteroatoms. The summed E-state index contributed by atoms with van der Waals surface area (Å²) < 4.78 is 11.4. The summed E-state index contributed by atoms with van der Waals surface area (Å²) in [6.45, 7) is 8.15. The van der Waals surface area contributed by atoms with Crippen LogP contribution < -0.4 is 0 Å². The number of hydrogen-bond acceptors (Lipinski definition) is 2. The van der Waals surface area contributed by atoms with Crippen LogP contribution >= 0.6 is 0 Å². The zero-order valence-corrected chi connectivity index (χ0v) is 17.8. The molecule has 3 fully saturated rings. The number of unbranched alkanes of at least 4 members (excludes halogenated alkanes) is 2. The lowest BCUT2D eigenvalue weighted by atomic mass is 9.77. The Bertz CT molecular complexity index is 396. The van der Waals surface area contributed by atoms with Crippen LogP contribution in [0.3, 0.4) is 0 Å². The van der Waals surface area contributed by atoms with Gasteiger partial charge in [-0.1, -0.05) is 65.2 Å². The predicted octanol–water partition coefficient (Wildman–Crippen LogP) is 6.76. The second-order valence-electron chi connectivity index (χ2n) is 9.82. The van der Waals surface area contributed by atoms with Crippen LogP contribution in [0.25, 0.3) is 0 Å². The van der Waals surface area contributed by atoms with E-state index in [1.54, 1.807) is 0 Å². The molecule has 7 atom stereocenters. The smallest absolute Gasteiger partial charge is 0.0844 e. The lowest BCUT2D eigenvalue weighted by Crippen LogP contribution is -2.22. The van der Waals surface area contributed by atoms with E-state index in [9.17, 15) is 0 Å². The molecule has 0 aromatic heterocycles. The van der Waals surface area contributed by atoms with E-state index in [4.69, 9.17) is 9.47 Å². The van der Waals surface area contributed by atoms with E-state index >= 15 is 0 Å². The van der Waals surface area contributed by atoms with Gasteiger partial charge in [0.15, 0.2) is 0 Å². The lowest BCUT2D eigenvalue weighted by molar-refractivity contribution is 0.000349. The van der Waals surface area contributed by atoms with E-state index in [-0.39, 0.29) is 0 Å². The molecule has 0 radical (unpaired) electrons. The van der Waals surface area contributed by atoms with Crippen molar-refractivity contribution in [3.8, 4) is 0 Å². The first-order chi connectivity index (χ1) is 12.7. The van der Waals surface area contributed by atoms with Gasteiger partial charge in [0.1, 0.15) is 0 Å². The van der Waals surface area contributed by atoms with Crippen molar-refractivity contribution < 1.29 is 9.47 Å². The highest BCUT2D eigenvalue weighted by molar-refractivity contribution is 4.93. The topological polar surface area (TPSA) is 21.8 Å². The van der Waals surface area contributed by atoms with Crippen molar-refractivity contribution in [3.63, 3.8) is 0 Å². The van der Waals surface area contributed by atoms with Crippen LogP contribution in [-0.4, -0.2) is 24.9 Å². The Labute approximate surface area is 162 Å². The summed E-state index contributed by atoms with van der Waals surface area (Å²) in [5.41, 5.74) is 0. The zero-order chi connectivity index (χ0) is 18.4. The Balaban J connectivity index is 1.22. The van der Waals surface area contributed by atoms with Gasteiger partial charge in [-0.05, 0) is 62.7 Å². The molecule has 3 aliphatic rings. The first kappa shape index (κ1) is 20.6. The standard InChI is InChI=1S/C24H44O2/c1-4-20(8-6-5-7-9-21-14-15-25-19(3)16-21)11-10-18(2)22-12-13-23-24(17-22)26-23/h18-24H,4-17H2,1-3H3. The van der Waals surface area contributed by atoms with Crippen molar-refractivity contribution in [1.82, 2.24) is 0 Å². The van der Waals surface area contributed by atoms with Gasteiger partial charge >= 0.3 is 0 Å². The molecular formula is C24H44O2. The fraction of sp³-hybridized carbons (Fsp3) is 1.00. The van der Waals surface area contributed by atoms with E-state index in [2.05, 4.69) is 20.8 Å². The number of epoxide rings is 1. The SMILES string of the molecule is CCC(CCCCCC1CCOC(C)C1)CCC(C)C1CCC2OC2C1. The van der Waals surface area contributed by atoms with Crippen LogP contribution in [-0.2, 0) is 9.47 Å². The van der Waals surface area contributed by atoms with Gasteiger partial charge in [-0.2, -0.15) is 0 Å². The predicted molar refractivity (Wildman–Crippen MR) is 109 cm³/mol. The van der Waals surface area contributed by atoms with E-state index in [0.717, 1.165) is 30.3 Å². The highest BCUT2D eigenvalue weighted by Gasteiger charge is 2.44. The summed E-state index contributed by atoms with van der Waals surface area (Å²) in [5, 5.41) is 0. The molecule has 0 aromatic carbocycles. The Morgan fingerprint density at radius 1 is 0.923 bits per heavy atom. The maximum Gasteiger partial charge on any atom is 0.0844 e. The molecule has 2 heterocycles. The van der Waals surface area contributed by atoms with E-state index in [0.29, 0.717) is 18.3 Å². The van der Waals surface area contributed by atoms with Crippen LogP contribution in [0.5, 0.6) is 0 Å². The Morgan fingerprint density at radius 3 is 2.58 bits per heavy atom. The first-order valence-electron chi connectivity index (χ1n) is 11.9. The minimum Gasteiger partial charge on any atom is -0.378 e. The number of hydrogen-bond donors (Lipinski definition) is 0. The van der Waals surface area contributed by atoms with Gasteiger partial charge in [-0.3, -0.25) is 0 Å². The van der Waals surface area contributed by atoms with E-state index in [1.165, 1.54) is 83.5 Å². The highest BCUT2D eigenvalue weighted by atomic mass is 16.6. The van der Waals surface area contributed by atoms with Crippen molar-refractivity contribution >= 4 is 0 Å². The summed E-state index contributed by atoms with van der Waals surface area (Å²) >= 11 is 0. The average molecular weight is 365 g/mol. The molecule has 1 saturated carbocycles. The quantitative estimate of drug-likeness (QED) is 0.298. The van der Waals surface area contributed by atoms with Crippen LogP contribution in [0, 0.1) is 23.7 Å². The van der Waals surface area contributed by atoms with Gasteiger partial charge < -0.3 is 9.47 Å². The Kier molecular flexibility index (Phi) is 8.31. The highest BCUT2D eigenvalue weighted by Crippen LogP contribution is 2.43. The molecule has 0 N–H and O–H groups in total. The third-order valence-electron chi connectivity index (χ3n) is 7.78. The summed E-state index contributed by atoms with van der Waals surface area (Å²) in [5.74, 6) is 3.75. The number of ether oxygens (including phenoxy) is 2. The van der Waals surface area contributed by atoms with Gasteiger partial charge in [-0.15, -0.1) is 0 Å². The third kappa shape index (κ3) is 6.51. The Morgan fingerprint density at radius 2 is 1.81 bits per heavy atom. The summed E-state index contributed by atoms with van der Waals surface area (Å²) in [6, 6.07) is 0. The fourth-order valence-electron chi connectivity index (χ4n) is 5.63. The fourth-order valence-corrected chi connectivity index (χ4v) is 5.63. The van der Waals surface area contributed by atoms with Crippen LogP contribution in [0.4, 0.5) is 0 Å². The van der Waals surface area contributed by atoms with Gasteiger partial charge in [0, 0.05) is 6.61 Å². The molecule has 152 valence electrons. The molecule has 0 aromatic rings. The second kappa shape index (κ2) is 10.5. The first-order valence-corrected chi connectivity index (χ1v) is 11.9. The van der Waals surface area contributed by atoms with Gasteiger partial charge in [0.25, 0.3) is 0 Å². The molecule has 0 bridgehead atoms. The molecule has 7 unspecified atom stereocenters. The molecule has 2 saturated heterocycles. The van der Waals surface area contributed by atoms with Gasteiger partial charge in [0.2, 0.25) is 0 Å². The van der Waals surface area contributed by atoms with Crippen LogP contribution in [0.2, 0.25) is 0 Å². The van der Waals surface area contributed by atoms with Crippen LogP contribution in [0.1, 0.15) is 104 Å². The van der Waals surface area contributed by atoms with Crippen molar-refractivity contribution in [3.05, 3.63) is 0 Å². The van der Waals surface area contributed by atoms with Gasteiger partial charge in [0.05, 0.1) is 18.3 Å². The maximum atomic E-state index is 5.72. The zero-order valence-electron chi connectivity index (χ0n) is 17.8. The largest absolute Gasteiger partial charge is 0.378 e. The minimum absolute atomic E-state index is 0.502. The third-order valence-corrected chi connectivity index (χ3v) is 7.78. The summed E-state index contributed by atoms with van der Waals surface area (Å²) in [4.78, 5) is 0. The number of rotatable bonds is 11. The molecule has 26 heavy (non-hydrogen) atoms. The molecular weight excluding hydrogens is 320 g/mol.